The summed E-state index contributed by atoms with van der Waals surface area (Å²) in [5.74, 6) is -1.05. The third kappa shape index (κ3) is 5.54. The van der Waals surface area contributed by atoms with Crippen molar-refractivity contribution in [2.24, 2.45) is 5.41 Å². The zero-order chi connectivity index (χ0) is 15.4. The molecule has 0 aliphatic carbocycles. The molecule has 6 heteroatoms. The van der Waals surface area contributed by atoms with Crippen molar-refractivity contribution in [2.45, 2.75) is 25.7 Å². The minimum Gasteiger partial charge on any atom is -0.478 e. The smallest absolute Gasteiger partial charge is 0.328 e. The minimum atomic E-state index is -3.53. The summed E-state index contributed by atoms with van der Waals surface area (Å²) in [4.78, 5) is 10.5. The fraction of sp³-hybridized carbons (Fsp3) is 0.357. The van der Waals surface area contributed by atoms with Gasteiger partial charge in [-0.1, -0.05) is 32.9 Å². The highest BCUT2D eigenvalue weighted by Crippen LogP contribution is 2.15. The highest BCUT2D eigenvalue weighted by atomic mass is 32.2. The third-order valence-electron chi connectivity index (χ3n) is 2.40. The van der Waals surface area contributed by atoms with E-state index in [1.807, 2.05) is 20.8 Å². The summed E-state index contributed by atoms with van der Waals surface area (Å²) in [5.41, 5.74) is 0.485. The monoisotopic (exact) mass is 297 g/mol. The summed E-state index contributed by atoms with van der Waals surface area (Å²) >= 11 is 0. The number of sulfonamides is 1. The maximum absolute atomic E-state index is 12.0. The molecule has 0 radical (unpaired) electrons. The van der Waals surface area contributed by atoms with Crippen LogP contribution in [0.1, 0.15) is 26.3 Å². The van der Waals surface area contributed by atoms with Gasteiger partial charge in [-0.25, -0.2) is 17.9 Å². The average molecular weight is 297 g/mol. The summed E-state index contributed by atoms with van der Waals surface area (Å²) in [6.45, 7) is 6.16. The van der Waals surface area contributed by atoms with Crippen molar-refractivity contribution in [1.29, 1.82) is 0 Å². The van der Waals surface area contributed by atoms with Crippen LogP contribution in [0.15, 0.2) is 35.2 Å². The Morgan fingerprint density at radius 2 is 1.80 bits per heavy atom. The molecule has 20 heavy (non-hydrogen) atoms. The molecule has 0 saturated heterocycles. The molecule has 1 aromatic rings. The van der Waals surface area contributed by atoms with Crippen LogP contribution in [-0.4, -0.2) is 26.0 Å². The molecule has 1 rings (SSSR count). The first-order chi connectivity index (χ1) is 9.10. The number of nitrogens with one attached hydrogen (secondary N) is 1. The van der Waals surface area contributed by atoms with Gasteiger partial charge in [-0.05, 0) is 29.2 Å². The number of aliphatic carboxylic acids is 1. The first kappa shape index (κ1) is 16.4. The normalized spacial score (nSPS) is 12.8. The van der Waals surface area contributed by atoms with Crippen LogP contribution in [0.25, 0.3) is 6.08 Å². The van der Waals surface area contributed by atoms with Gasteiger partial charge in [-0.15, -0.1) is 0 Å². The van der Waals surface area contributed by atoms with E-state index in [0.717, 1.165) is 6.08 Å². The molecule has 0 bridgehead atoms. The molecule has 2 N–H and O–H groups in total. The second-order valence-electron chi connectivity index (χ2n) is 5.63. The lowest BCUT2D eigenvalue weighted by Crippen LogP contribution is -2.32. The fourth-order valence-electron chi connectivity index (χ4n) is 1.32. The molecule has 0 aromatic heterocycles. The van der Waals surface area contributed by atoms with Crippen LogP contribution in [0, 0.1) is 5.41 Å². The van der Waals surface area contributed by atoms with Gasteiger partial charge in [0.15, 0.2) is 0 Å². The van der Waals surface area contributed by atoms with Gasteiger partial charge in [0.25, 0.3) is 0 Å². The van der Waals surface area contributed by atoms with Crippen LogP contribution in [0.3, 0.4) is 0 Å². The average Bonchev–Trinajstić information content (AvgIpc) is 2.34. The highest BCUT2D eigenvalue weighted by Gasteiger charge is 2.18. The van der Waals surface area contributed by atoms with Crippen molar-refractivity contribution in [3.05, 3.63) is 35.9 Å². The number of hydrogen-bond acceptors (Lipinski definition) is 3. The minimum absolute atomic E-state index is 0.142. The van der Waals surface area contributed by atoms with E-state index in [0.29, 0.717) is 12.1 Å². The van der Waals surface area contributed by atoms with E-state index in [1.54, 1.807) is 12.1 Å². The van der Waals surface area contributed by atoms with Crippen molar-refractivity contribution >= 4 is 22.1 Å². The topological polar surface area (TPSA) is 83.5 Å². The Morgan fingerprint density at radius 3 is 2.25 bits per heavy atom. The van der Waals surface area contributed by atoms with Gasteiger partial charge < -0.3 is 5.11 Å². The first-order valence-electron chi connectivity index (χ1n) is 6.11. The quantitative estimate of drug-likeness (QED) is 0.815. The lowest BCUT2D eigenvalue weighted by Gasteiger charge is -2.18. The number of carbonyl (C=O) groups is 1. The summed E-state index contributed by atoms with van der Waals surface area (Å²) in [7, 11) is -3.53. The molecule has 5 nitrogen and oxygen atoms in total. The summed E-state index contributed by atoms with van der Waals surface area (Å²) < 4.78 is 26.6. The molecule has 0 saturated carbocycles. The van der Waals surface area contributed by atoms with E-state index in [2.05, 4.69) is 4.72 Å². The second kappa shape index (κ2) is 6.19. The molecular formula is C14H19NO4S. The Bertz CT molecular complexity index is 595. The maximum atomic E-state index is 12.0. The van der Waals surface area contributed by atoms with Crippen LogP contribution in [-0.2, 0) is 14.8 Å². The van der Waals surface area contributed by atoms with Crippen LogP contribution in [0.4, 0.5) is 0 Å². The largest absolute Gasteiger partial charge is 0.478 e. The standard InChI is InChI=1S/C14H19NO4S/c1-14(2,3)10-15-20(18,19)12-7-4-11(5-8-12)6-9-13(16)17/h4-9,15H,10H2,1-3H3,(H,16,17). The lowest BCUT2D eigenvalue weighted by atomic mass is 9.98. The lowest BCUT2D eigenvalue weighted by molar-refractivity contribution is -0.131. The Labute approximate surface area is 119 Å². The van der Waals surface area contributed by atoms with Gasteiger partial charge in [0, 0.05) is 12.6 Å². The zero-order valence-electron chi connectivity index (χ0n) is 11.8. The van der Waals surface area contributed by atoms with Gasteiger partial charge in [0.2, 0.25) is 10.0 Å². The van der Waals surface area contributed by atoms with Crippen molar-refractivity contribution in [3.8, 4) is 0 Å². The summed E-state index contributed by atoms with van der Waals surface area (Å²) in [5, 5.41) is 8.51. The molecule has 0 aliphatic heterocycles. The SMILES string of the molecule is CC(C)(C)CNS(=O)(=O)c1ccc(C=CC(=O)O)cc1. The van der Waals surface area contributed by atoms with Crippen LogP contribution in [0.2, 0.25) is 0 Å². The molecule has 110 valence electrons. The first-order valence-corrected chi connectivity index (χ1v) is 7.59. The van der Waals surface area contributed by atoms with Crippen molar-refractivity contribution in [3.63, 3.8) is 0 Å². The predicted octanol–water partition coefficient (Wildman–Crippen LogP) is 2.11. The Balaban J connectivity index is 2.84. The number of benzene rings is 1. The van der Waals surface area contributed by atoms with E-state index in [-0.39, 0.29) is 10.3 Å². The Morgan fingerprint density at radius 1 is 1.25 bits per heavy atom. The molecule has 0 unspecified atom stereocenters. The third-order valence-corrected chi connectivity index (χ3v) is 3.82. The van der Waals surface area contributed by atoms with Gasteiger partial charge >= 0.3 is 5.97 Å². The molecule has 0 spiro atoms. The molecule has 0 fully saturated rings. The number of hydrogen-bond donors (Lipinski definition) is 2. The maximum Gasteiger partial charge on any atom is 0.328 e. The van der Waals surface area contributed by atoms with Gasteiger partial charge in [-0.2, -0.15) is 0 Å². The van der Waals surface area contributed by atoms with Crippen LogP contribution >= 0.6 is 0 Å². The molecule has 0 aliphatic rings. The second-order valence-corrected chi connectivity index (χ2v) is 7.39. The van der Waals surface area contributed by atoms with Crippen LogP contribution in [0.5, 0.6) is 0 Å². The molecule has 1 aromatic carbocycles. The Hall–Kier alpha value is -1.66. The van der Waals surface area contributed by atoms with Crippen molar-refractivity contribution < 1.29 is 18.3 Å². The highest BCUT2D eigenvalue weighted by molar-refractivity contribution is 7.89. The summed E-state index contributed by atoms with van der Waals surface area (Å²) in [6, 6.07) is 6.02. The van der Waals surface area contributed by atoms with E-state index < -0.39 is 16.0 Å². The van der Waals surface area contributed by atoms with E-state index in [9.17, 15) is 13.2 Å². The molecular weight excluding hydrogens is 278 g/mol. The Kier molecular flexibility index (Phi) is 5.08. The number of carboxylic acids is 1. The molecule has 0 atom stereocenters. The summed E-state index contributed by atoms with van der Waals surface area (Å²) in [6.07, 6.45) is 2.41. The molecule has 0 amide bonds. The van der Waals surface area contributed by atoms with Gasteiger partial charge in [0.05, 0.1) is 4.90 Å². The van der Waals surface area contributed by atoms with E-state index in [1.165, 1.54) is 18.2 Å². The van der Waals surface area contributed by atoms with Gasteiger partial charge in [-0.3, -0.25) is 0 Å². The fourth-order valence-corrected chi connectivity index (χ4v) is 2.60. The number of carboxylic acid groups (broad SMARTS) is 1. The van der Waals surface area contributed by atoms with E-state index >= 15 is 0 Å². The molecule has 0 heterocycles. The van der Waals surface area contributed by atoms with Crippen molar-refractivity contribution in [2.75, 3.05) is 6.54 Å². The van der Waals surface area contributed by atoms with Crippen molar-refractivity contribution in [1.82, 2.24) is 4.72 Å². The zero-order valence-corrected chi connectivity index (χ0v) is 12.6. The predicted molar refractivity (Wildman–Crippen MR) is 77.8 cm³/mol. The van der Waals surface area contributed by atoms with Gasteiger partial charge in [0.1, 0.15) is 0 Å². The van der Waals surface area contributed by atoms with Crippen LogP contribution < -0.4 is 4.72 Å². The number of rotatable bonds is 5. The van der Waals surface area contributed by atoms with E-state index in [4.69, 9.17) is 5.11 Å².